The minimum absolute atomic E-state index is 0.0619. The quantitative estimate of drug-likeness (QED) is 0.557. The number of oxime groups is 1. The summed E-state index contributed by atoms with van der Waals surface area (Å²) in [4.78, 5) is 23.4. The lowest BCUT2D eigenvalue weighted by atomic mass is 9.85. The van der Waals surface area contributed by atoms with Crippen LogP contribution in [0, 0.1) is 0 Å². The van der Waals surface area contributed by atoms with Gasteiger partial charge in [-0.05, 0) is 24.3 Å². The fourth-order valence-corrected chi connectivity index (χ4v) is 4.25. The number of alkyl halides is 3. The molecule has 1 saturated heterocycles. The predicted octanol–water partition coefficient (Wildman–Crippen LogP) is 5.22. The van der Waals surface area contributed by atoms with E-state index in [1.165, 1.54) is 12.0 Å². The standard InChI is InChI=1S/C21H18Cl2F3N3O3/c1-31-16-10-12(2-4-14(16)22)15-11-20(32-28-15)6-8-29(9-7-20)19(30)13-3-5-17(21(24,25)26)27-18(13)23/h2-5,10H,6-9,11H2,1H3. The van der Waals surface area contributed by atoms with Crippen molar-refractivity contribution < 1.29 is 27.5 Å². The number of methoxy groups -OCH3 is 1. The molecule has 0 aliphatic carbocycles. The van der Waals surface area contributed by atoms with Gasteiger partial charge in [-0.25, -0.2) is 4.98 Å². The molecule has 1 aromatic heterocycles. The summed E-state index contributed by atoms with van der Waals surface area (Å²) in [6.07, 6.45) is -3.04. The first-order valence-electron chi connectivity index (χ1n) is 9.74. The van der Waals surface area contributed by atoms with Crippen LogP contribution in [0.15, 0.2) is 35.5 Å². The van der Waals surface area contributed by atoms with Gasteiger partial charge in [0.15, 0.2) is 0 Å². The van der Waals surface area contributed by atoms with Crippen molar-refractivity contribution in [3.8, 4) is 5.75 Å². The van der Waals surface area contributed by atoms with Crippen LogP contribution in [0.1, 0.15) is 40.9 Å². The summed E-state index contributed by atoms with van der Waals surface area (Å²) in [5, 5.41) is 4.27. The van der Waals surface area contributed by atoms with E-state index in [1.807, 2.05) is 6.07 Å². The lowest BCUT2D eigenvalue weighted by Gasteiger charge is -2.37. The number of benzene rings is 1. The molecule has 1 fully saturated rings. The normalized spacial score (nSPS) is 17.8. The van der Waals surface area contributed by atoms with E-state index < -0.39 is 28.5 Å². The molecule has 4 rings (SSSR count). The minimum atomic E-state index is -4.63. The van der Waals surface area contributed by atoms with Gasteiger partial charge in [0.05, 0.1) is 23.4 Å². The van der Waals surface area contributed by atoms with E-state index in [1.54, 1.807) is 12.1 Å². The second-order valence-electron chi connectivity index (χ2n) is 7.66. The van der Waals surface area contributed by atoms with Crippen molar-refractivity contribution in [2.24, 2.45) is 5.16 Å². The highest BCUT2D eigenvalue weighted by molar-refractivity contribution is 6.32. The van der Waals surface area contributed by atoms with E-state index in [4.69, 9.17) is 32.8 Å². The average molecular weight is 488 g/mol. The number of carbonyl (C=O) groups excluding carboxylic acids is 1. The van der Waals surface area contributed by atoms with Crippen molar-refractivity contribution in [3.05, 3.63) is 57.3 Å². The number of piperidine rings is 1. The van der Waals surface area contributed by atoms with Crippen LogP contribution in [0.25, 0.3) is 0 Å². The molecule has 1 amide bonds. The first-order valence-corrected chi connectivity index (χ1v) is 10.5. The first-order chi connectivity index (χ1) is 15.1. The number of pyridine rings is 1. The van der Waals surface area contributed by atoms with Gasteiger partial charge in [-0.2, -0.15) is 13.2 Å². The molecule has 1 aromatic carbocycles. The number of likely N-dealkylation sites (tertiary alicyclic amines) is 1. The van der Waals surface area contributed by atoms with Crippen LogP contribution >= 0.6 is 23.2 Å². The lowest BCUT2D eigenvalue weighted by molar-refractivity contribution is -0.141. The van der Waals surface area contributed by atoms with Crippen molar-refractivity contribution in [2.75, 3.05) is 20.2 Å². The number of rotatable bonds is 3. The lowest BCUT2D eigenvalue weighted by Crippen LogP contribution is -2.47. The minimum Gasteiger partial charge on any atom is -0.495 e. The Morgan fingerprint density at radius 1 is 1.19 bits per heavy atom. The molecular weight excluding hydrogens is 470 g/mol. The maximum Gasteiger partial charge on any atom is 0.433 e. The summed E-state index contributed by atoms with van der Waals surface area (Å²) < 4.78 is 43.6. The van der Waals surface area contributed by atoms with E-state index in [0.717, 1.165) is 23.4 Å². The molecule has 0 N–H and O–H groups in total. The number of carbonyl (C=O) groups is 1. The maximum absolute atomic E-state index is 12.8. The van der Waals surface area contributed by atoms with Crippen LogP contribution in [-0.2, 0) is 11.0 Å². The highest BCUT2D eigenvalue weighted by atomic mass is 35.5. The van der Waals surface area contributed by atoms with Crippen molar-refractivity contribution in [3.63, 3.8) is 0 Å². The van der Waals surface area contributed by atoms with Gasteiger partial charge in [0, 0.05) is 37.9 Å². The SMILES string of the molecule is COc1cc(C2=NOC3(CCN(C(=O)c4ccc(C(F)(F)F)nc4Cl)CC3)C2)ccc1Cl. The van der Waals surface area contributed by atoms with Gasteiger partial charge in [-0.1, -0.05) is 34.4 Å². The molecule has 2 aliphatic rings. The van der Waals surface area contributed by atoms with Gasteiger partial charge < -0.3 is 14.5 Å². The van der Waals surface area contributed by atoms with Gasteiger partial charge in [0.1, 0.15) is 22.2 Å². The Balaban J connectivity index is 1.41. The monoisotopic (exact) mass is 487 g/mol. The molecule has 0 unspecified atom stereocenters. The van der Waals surface area contributed by atoms with E-state index in [0.29, 0.717) is 43.1 Å². The molecule has 3 heterocycles. The fraction of sp³-hybridized carbons (Fsp3) is 0.381. The fourth-order valence-electron chi connectivity index (χ4n) is 3.82. The van der Waals surface area contributed by atoms with Crippen LogP contribution in [-0.4, -0.2) is 47.3 Å². The average Bonchev–Trinajstić information content (AvgIpc) is 3.17. The van der Waals surface area contributed by atoms with Crippen LogP contribution in [0.3, 0.4) is 0 Å². The van der Waals surface area contributed by atoms with Crippen LogP contribution < -0.4 is 4.74 Å². The van der Waals surface area contributed by atoms with Crippen molar-refractivity contribution in [1.29, 1.82) is 0 Å². The highest BCUT2D eigenvalue weighted by Crippen LogP contribution is 2.38. The van der Waals surface area contributed by atoms with E-state index >= 15 is 0 Å². The van der Waals surface area contributed by atoms with Crippen molar-refractivity contribution in [1.82, 2.24) is 9.88 Å². The van der Waals surface area contributed by atoms with Gasteiger partial charge in [-0.15, -0.1) is 0 Å². The Morgan fingerprint density at radius 3 is 2.53 bits per heavy atom. The van der Waals surface area contributed by atoms with Crippen LogP contribution in [0.4, 0.5) is 13.2 Å². The van der Waals surface area contributed by atoms with Crippen molar-refractivity contribution in [2.45, 2.75) is 31.0 Å². The molecule has 170 valence electrons. The van der Waals surface area contributed by atoms with E-state index in [2.05, 4.69) is 10.1 Å². The Hall–Kier alpha value is -2.52. The molecule has 2 aliphatic heterocycles. The third kappa shape index (κ3) is 4.36. The Labute approximate surface area is 191 Å². The number of hydrogen-bond acceptors (Lipinski definition) is 5. The number of nitrogens with zero attached hydrogens (tertiary/aromatic N) is 3. The van der Waals surface area contributed by atoms with Crippen molar-refractivity contribution >= 4 is 34.8 Å². The van der Waals surface area contributed by atoms with E-state index in [-0.39, 0.29) is 5.56 Å². The molecule has 0 saturated carbocycles. The zero-order valence-corrected chi connectivity index (χ0v) is 18.4. The zero-order valence-electron chi connectivity index (χ0n) is 16.9. The molecule has 11 heteroatoms. The molecule has 2 aromatic rings. The molecule has 32 heavy (non-hydrogen) atoms. The number of halogens is 5. The Kier molecular flexibility index (Phi) is 5.98. The largest absolute Gasteiger partial charge is 0.495 e. The smallest absolute Gasteiger partial charge is 0.433 e. The molecule has 0 radical (unpaired) electrons. The van der Waals surface area contributed by atoms with E-state index in [9.17, 15) is 18.0 Å². The summed E-state index contributed by atoms with van der Waals surface area (Å²) in [6, 6.07) is 7.18. The van der Waals surface area contributed by atoms with Crippen LogP contribution in [0.5, 0.6) is 5.75 Å². The predicted molar refractivity (Wildman–Crippen MR) is 112 cm³/mol. The third-order valence-corrected chi connectivity index (χ3v) is 6.26. The highest BCUT2D eigenvalue weighted by Gasteiger charge is 2.43. The molecule has 0 atom stereocenters. The summed E-state index contributed by atoms with van der Waals surface area (Å²) >= 11 is 12.0. The number of ether oxygens (including phenoxy) is 1. The zero-order chi connectivity index (χ0) is 23.1. The van der Waals surface area contributed by atoms with Crippen LogP contribution in [0.2, 0.25) is 10.2 Å². The molecule has 1 spiro atoms. The van der Waals surface area contributed by atoms with Gasteiger partial charge >= 0.3 is 6.18 Å². The number of aromatic nitrogens is 1. The summed E-state index contributed by atoms with van der Waals surface area (Å²) in [5.41, 5.74) is -0.145. The second kappa shape index (κ2) is 8.44. The second-order valence-corrected chi connectivity index (χ2v) is 8.43. The molecule has 6 nitrogen and oxygen atoms in total. The third-order valence-electron chi connectivity index (χ3n) is 5.65. The molecule has 0 bridgehead atoms. The molecular formula is C21H18Cl2F3N3O3. The number of amides is 1. The first kappa shape index (κ1) is 22.7. The summed E-state index contributed by atoms with van der Waals surface area (Å²) in [5.74, 6) is 0.0721. The van der Waals surface area contributed by atoms with Gasteiger partial charge in [0.2, 0.25) is 0 Å². The summed E-state index contributed by atoms with van der Waals surface area (Å²) in [6.45, 7) is 0.700. The topological polar surface area (TPSA) is 64.0 Å². The summed E-state index contributed by atoms with van der Waals surface area (Å²) in [7, 11) is 1.53. The van der Waals surface area contributed by atoms with Gasteiger partial charge in [0.25, 0.3) is 5.91 Å². The maximum atomic E-state index is 12.8. The van der Waals surface area contributed by atoms with Gasteiger partial charge in [-0.3, -0.25) is 4.79 Å². The Bertz CT molecular complexity index is 1080. The Morgan fingerprint density at radius 2 is 1.91 bits per heavy atom. The number of hydrogen-bond donors (Lipinski definition) is 0.